The highest BCUT2D eigenvalue weighted by atomic mass is 16.7. The molecule has 2 atom stereocenters. The number of aliphatic hydroxyl groups excluding tert-OH is 2. The molecule has 0 aromatic heterocycles. The topological polar surface area (TPSA) is 99.1 Å². The van der Waals surface area contributed by atoms with Crippen molar-refractivity contribution in [1.82, 2.24) is 10.6 Å². The number of hydrogen-bond acceptors (Lipinski definition) is 7. The number of nitrogens with one attached hydrogen (secondary N) is 1. The molecule has 0 heterocycles. The average Bonchev–Trinajstić information content (AvgIpc) is 2.24. The van der Waals surface area contributed by atoms with Gasteiger partial charge in [-0.2, -0.15) is 0 Å². The van der Waals surface area contributed by atoms with Crippen LogP contribution in [0.5, 0.6) is 0 Å². The number of aliphatic hydroxyl groups is 2. The maximum absolute atomic E-state index is 10.4. The van der Waals surface area contributed by atoms with Gasteiger partial charge in [0.05, 0.1) is 20.3 Å². The zero-order chi connectivity index (χ0) is 11.0. The zero-order valence-electron chi connectivity index (χ0n) is 7.79. The van der Waals surface area contributed by atoms with Crippen LogP contribution in [0.4, 0.5) is 0 Å². The Morgan fingerprint density at radius 2 is 2.00 bits per heavy atom. The third kappa shape index (κ3) is 3.90. The molecule has 82 valence electrons. The van der Waals surface area contributed by atoms with Crippen molar-refractivity contribution in [2.24, 2.45) is 0 Å². The molecule has 0 fully saturated rings. The predicted octanol–water partition coefficient (Wildman–Crippen LogP) is -2.53. The quantitative estimate of drug-likeness (QED) is 0.297. The van der Waals surface area contributed by atoms with Crippen LogP contribution in [0.2, 0.25) is 0 Å². The first kappa shape index (κ1) is 13.1. The molecule has 0 aromatic rings. The summed E-state index contributed by atoms with van der Waals surface area (Å²) in [5.74, 6) is 0. The lowest BCUT2D eigenvalue weighted by Gasteiger charge is -2.26. The minimum absolute atomic E-state index is 0.430. The maximum atomic E-state index is 10.4. The van der Waals surface area contributed by atoms with E-state index >= 15 is 0 Å². The number of hydrazine groups is 1. The van der Waals surface area contributed by atoms with Gasteiger partial charge in [0, 0.05) is 0 Å². The number of rotatable bonds is 8. The minimum atomic E-state index is -0.922. The second-order valence-corrected chi connectivity index (χ2v) is 2.45. The van der Waals surface area contributed by atoms with Gasteiger partial charge < -0.3 is 19.8 Å². The number of carbonyl (C=O) groups is 2. The number of nitrogens with zero attached hydrogens (tertiary/aromatic N) is 1. The fourth-order valence-corrected chi connectivity index (χ4v) is 0.734. The number of carbonyl (C=O) groups excluding carboxylic acids is 2. The molecule has 0 saturated carbocycles. The van der Waals surface area contributed by atoms with Gasteiger partial charge in [-0.1, -0.05) is 0 Å². The Labute approximate surface area is 81.2 Å². The monoisotopic (exact) mass is 206 g/mol. The Balaban J connectivity index is 4.24. The van der Waals surface area contributed by atoms with Gasteiger partial charge >= 0.3 is 0 Å². The smallest absolute Gasteiger partial charge is 0.143 e. The van der Waals surface area contributed by atoms with Crippen molar-refractivity contribution >= 4 is 12.6 Å². The van der Waals surface area contributed by atoms with Crippen molar-refractivity contribution in [2.75, 3.05) is 20.3 Å². The molecule has 0 amide bonds. The number of aldehydes is 2. The van der Waals surface area contributed by atoms with Crippen LogP contribution in [-0.4, -0.2) is 60.4 Å². The summed E-state index contributed by atoms with van der Waals surface area (Å²) < 4.78 is 0. The van der Waals surface area contributed by atoms with Crippen LogP contribution in [0.3, 0.4) is 0 Å². The molecular formula is C7H14N2O5. The van der Waals surface area contributed by atoms with Crippen molar-refractivity contribution in [2.45, 2.75) is 12.1 Å². The second-order valence-electron chi connectivity index (χ2n) is 2.45. The summed E-state index contributed by atoms with van der Waals surface area (Å²) in [6, 6.07) is -1.79. The van der Waals surface area contributed by atoms with E-state index in [-0.39, 0.29) is 0 Å². The molecule has 0 saturated heterocycles. The van der Waals surface area contributed by atoms with E-state index in [1.54, 1.807) is 0 Å². The molecule has 0 bridgehead atoms. The van der Waals surface area contributed by atoms with Gasteiger partial charge in [0.25, 0.3) is 0 Å². The lowest BCUT2D eigenvalue weighted by atomic mass is 10.3. The Bertz CT molecular complexity index is 177. The van der Waals surface area contributed by atoms with Crippen molar-refractivity contribution in [3.8, 4) is 0 Å². The lowest BCUT2D eigenvalue weighted by Crippen LogP contribution is -2.53. The minimum Gasteiger partial charge on any atom is -0.394 e. The van der Waals surface area contributed by atoms with Gasteiger partial charge in [-0.05, 0) is 0 Å². The van der Waals surface area contributed by atoms with Crippen LogP contribution in [0, 0.1) is 0 Å². The molecule has 0 rings (SSSR count). The predicted molar refractivity (Wildman–Crippen MR) is 45.9 cm³/mol. The van der Waals surface area contributed by atoms with Gasteiger partial charge in [-0.25, -0.2) is 5.43 Å². The number of hydroxylamine groups is 1. The fraction of sp³-hybridized carbons (Fsp3) is 0.714. The highest BCUT2D eigenvalue weighted by Crippen LogP contribution is 1.93. The largest absolute Gasteiger partial charge is 0.394 e. The summed E-state index contributed by atoms with van der Waals surface area (Å²) in [4.78, 5) is 25.4. The molecule has 0 aliphatic rings. The average molecular weight is 206 g/mol. The van der Waals surface area contributed by atoms with E-state index in [1.165, 1.54) is 7.11 Å². The lowest BCUT2D eigenvalue weighted by molar-refractivity contribution is -0.209. The standard InChI is InChI=1S/C7H14N2O5/c1-14-9(7(4-12)5-13)8-6(2-10)3-11/h2,4,6-8,11,13H,3,5H2,1H3/t6-,7-/m1/s1. The van der Waals surface area contributed by atoms with E-state index in [2.05, 4.69) is 10.3 Å². The van der Waals surface area contributed by atoms with E-state index < -0.39 is 25.3 Å². The molecule has 0 radical (unpaired) electrons. The van der Waals surface area contributed by atoms with Crippen molar-refractivity contribution in [3.63, 3.8) is 0 Å². The fourth-order valence-electron chi connectivity index (χ4n) is 0.734. The van der Waals surface area contributed by atoms with Crippen LogP contribution in [-0.2, 0) is 14.4 Å². The second kappa shape index (κ2) is 7.54. The summed E-state index contributed by atoms with van der Waals surface area (Å²) in [6.07, 6.45) is 0.918. The van der Waals surface area contributed by atoms with Crippen LogP contribution in [0.1, 0.15) is 0 Å². The maximum Gasteiger partial charge on any atom is 0.143 e. The summed E-state index contributed by atoms with van der Waals surface area (Å²) >= 11 is 0. The molecule has 3 N–H and O–H groups in total. The molecule has 0 aromatic carbocycles. The van der Waals surface area contributed by atoms with Crippen LogP contribution in [0.25, 0.3) is 0 Å². The van der Waals surface area contributed by atoms with E-state index in [1.807, 2.05) is 0 Å². The van der Waals surface area contributed by atoms with Crippen LogP contribution < -0.4 is 5.43 Å². The summed E-state index contributed by atoms with van der Waals surface area (Å²) in [5.41, 5.74) is 2.41. The zero-order valence-corrected chi connectivity index (χ0v) is 7.79. The molecule has 7 heteroatoms. The van der Waals surface area contributed by atoms with Crippen molar-refractivity contribution < 1.29 is 24.6 Å². The highest BCUT2D eigenvalue weighted by Gasteiger charge is 2.19. The normalized spacial score (nSPS) is 15.1. The van der Waals surface area contributed by atoms with E-state index in [0.717, 1.165) is 5.17 Å². The van der Waals surface area contributed by atoms with Crippen LogP contribution in [0.15, 0.2) is 0 Å². The van der Waals surface area contributed by atoms with Gasteiger partial charge in [0.15, 0.2) is 0 Å². The Kier molecular flexibility index (Phi) is 7.07. The Morgan fingerprint density at radius 1 is 1.36 bits per heavy atom. The molecule has 0 aliphatic carbocycles. The van der Waals surface area contributed by atoms with E-state index in [0.29, 0.717) is 12.6 Å². The first-order chi connectivity index (χ1) is 6.73. The van der Waals surface area contributed by atoms with Gasteiger partial charge in [-0.3, -0.25) is 4.84 Å². The highest BCUT2D eigenvalue weighted by molar-refractivity contribution is 5.59. The summed E-state index contributed by atoms with van der Waals surface area (Å²) in [5, 5.41) is 18.3. The summed E-state index contributed by atoms with van der Waals surface area (Å²) in [6.45, 7) is -0.887. The number of hydrogen-bond donors (Lipinski definition) is 3. The molecule has 0 aliphatic heterocycles. The van der Waals surface area contributed by atoms with E-state index in [9.17, 15) is 9.59 Å². The molecule has 7 nitrogen and oxygen atoms in total. The van der Waals surface area contributed by atoms with E-state index in [4.69, 9.17) is 10.2 Å². The van der Waals surface area contributed by atoms with Gasteiger partial charge in [0.1, 0.15) is 24.7 Å². The van der Waals surface area contributed by atoms with Gasteiger partial charge in [-0.15, -0.1) is 5.17 Å². The molecule has 0 spiro atoms. The first-order valence-corrected chi connectivity index (χ1v) is 3.95. The molecule has 0 unspecified atom stereocenters. The SMILES string of the molecule is CON(N[C@H](C=O)CO)[C@H](C=O)CO. The van der Waals surface area contributed by atoms with Gasteiger partial charge in [0.2, 0.25) is 0 Å². The molecular weight excluding hydrogens is 192 g/mol. The third-order valence-corrected chi connectivity index (χ3v) is 1.50. The molecule has 14 heavy (non-hydrogen) atoms. The summed E-state index contributed by atoms with van der Waals surface area (Å²) in [7, 11) is 1.26. The third-order valence-electron chi connectivity index (χ3n) is 1.50. The Morgan fingerprint density at radius 3 is 2.29 bits per heavy atom. The Hall–Kier alpha value is -0.860. The van der Waals surface area contributed by atoms with Crippen molar-refractivity contribution in [3.05, 3.63) is 0 Å². The first-order valence-electron chi connectivity index (χ1n) is 3.95. The van der Waals surface area contributed by atoms with Crippen LogP contribution >= 0.6 is 0 Å². The van der Waals surface area contributed by atoms with Crippen molar-refractivity contribution in [1.29, 1.82) is 0 Å².